The molecule has 4 amide bonds. The summed E-state index contributed by atoms with van der Waals surface area (Å²) in [4.78, 5) is 38.4. The van der Waals surface area contributed by atoms with E-state index in [-0.39, 0.29) is 11.3 Å². The molecule has 1 aliphatic rings. The van der Waals surface area contributed by atoms with E-state index in [2.05, 4.69) is 5.32 Å². The summed E-state index contributed by atoms with van der Waals surface area (Å²) in [5.41, 5.74) is 1.69. The number of aryl methyl sites for hydroxylation is 1. The Kier molecular flexibility index (Phi) is 5.02. The van der Waals surface area contributed by atoms with Crippen LogP contribution in [0.4, 0.5) is 14.9 Å². The van der Waals surface area contributed by atoms with Gasteiger partial charge in [-0.05, 0) is 54.5 Å². The number of barbiturate groups is 1. The van der Waals surface area contributed by atoms with Gasteiger partial charge in [0.25, 0.3) is 11.8 Å². The summed E-state index contributed by atoms with van der Waals surface area (Å²) in [5.74, 6) is -1.36. The zero-order valence-corrected chi connectivity index (χ0v) is 16.0. The van der Waals surface area contributed by atoms with E-state index in [4.69, 9.17) is 4.42 Å². The summed E-state index contributed by atoms with van der Waals surface area (Å²) in [6.45, 7) is 1.99. The van der Waals surface area contributed by atoms with Gasteiger partial charge in [-0.3, -0.25) is 14.9 Å². The number of hydrogen-bond donors (Lipinski definition) is 1. The Labute approximate surface area is 171 Å². The molecule has 2 heterocycles. The average Bonchev–Trinajstić information content (AvgIpc) is 3.20. The number of rotatable bonds is 4. The van der Waals surface area contributed by atoms with E-state index >= 15 is 0 Å². The minimum Gasteiger partial charge on any atom is -0.457 e. The second-order valence-corrected chi connectivity index (χ2v) is 6.69. The van der Waals surface area contributed by atoms with Crippen LogP contribution >= 0.6 is 0 Å². The van der Waals surface area contributed by atoms with Crippen molar-refractivity contribution in [1.82, 2.24) is 5.32 Å². The van der Waals surface area contributed by atoms with Crippen LogP contribution in [0, 0.1) is 5.82 Å². The average molecular weight is 404 g/mol. The molecule has 3 aromatic rings. The molecule has 7 heteroatoms. The monoisotopic (exact) mass is 404 g/mol. The van der Waals surface area contributed by atoms with Crippen molar-refractivity contribution in [3.05, 3.63) is 83.4 Å². The Bertz CT molecular complexity index is 1180. The topological polar surface area (TPSA) is 79.6 Å². The van der Waals surface area contributed by atoms with Crippen LogP contribution in [0.15, 0.2) is 70.7 Å². The van der Waals surface area contributed by atoms with Crippen molar-refractivity contribution < 1.29 is 23.2 Å². The van der Waals surface area contributed by atoms with Gasteiger partial charge < -0.3 is 4.42 Å². The quantitative estimate of drug-likeness (QED) is 0.519. The number of anilines is 1. The molecule has 150 valence electrons. The minimum atomic E-state index is -0.814. The molecule has 0 saturated carbocycles. The minimum absolute atomic E-state index is 0.225. The van der Waals surface area contributed by atoms with Crippen LogP contribution in [0.5, 0.6) is 0 Å². The highest BCUT2D eigenvalue weighted by molar-refractivity contribution is 6.39. The summed E-state index contributed by atoms with van der Waals surface area (Å²) in [7, 11) is 0. The van der Waals surface area contributed by atoms with Crippen LogP contribution in [0.3, 0.4) is 0 Å². The Hall–Kier alpha value is -4.00. The van der Waals surface area contributed by atoms with Crippen molar-refractivity contribution in [2.75, 3.05) is 4.90 Å². The van der Waals surface area contributed by atoms with Crippen molar-refractivity contribution >= 4 is 29.6 Å². The number of hydrogen-bond acceptors (Lipinski definition) is 4. The number of imide groups is 2. The highest BCUT2D eigenvalue weighted by atomic mass is 19.1. The van der Waals surface area contributed by atoms with E-state index in [1.165, 1.54) is 18.2 Å². The molecule has 1 aromatic heterocycles. The van der Waals surface area contributed by atoms with E-state index in [1.54, 1.807) is 36.4 Å². The molecule has 1 fully saturated rings. The summed E-state index contributed by atoms with van der Waals surface area (Å²) in [6.07, 6.45) is 2.08. The molecule has 0 radical (unpaired) electrons. The van der Waals surface area contributed by atoms with Gasteiger partial charge in [0.2, 0.25) is 0 Å². The first kappa shape index (κ1) is 19.3. The van der Waals surface area contributed by atoms with Gasteiger partial charge in [-0.1, -0.05) is 31.2 Å². The number of benzene rings is 2. The van der Waals surface area contributed by atoms with Crippen LogP contribution in [0.1, 0.15) is 18.2 Å². The number of amides is 4. The number of halogens is 1. The molecule has 2 aromatic carbocycles. The fraction of sp³-hybridized carbons (Fsp3) is 0.0870. The van der Waals surface area contributed by atoms with Crippen LogP contribution in [-0.2, 0) is 16.0 Å². The lowest BCUT2D eigenvalue weighted by atomic mass is 10.1. The molecule has 0 atom stereocenters. The number of furan rings is 1. The fourth-order valence-corrected chi connectivity index (χ4v) is 3.14. The molecule has 0 aliphatic carbocycles. The summed E-state index contributed by atoms with van der Waals surface area (Å²) >= 11 is 0. The van der Waals surface area contributed by atoms with Crippen molar-refractivity contribution in [2.24, 2.45) is 0 Å². The van der Waals surface area contributed by atoms with Crippen molar-refractivity contribution in [3.8, 4) is 11.3 Å². The third kappa shape index (κ3) is 3.65. The Morgan fingerprint density at radius 1 is 1.03 bits per heavy atom. The lowest BCUT2D eigenvalue weighted by molar-refractivity contribution is -0.122. The van der Waals surface area contributed by atoms with E-state index < -0.39 is 23.7 Å². The maximum atomic E-state index is 13.4. The van der Waals surface area contributed by atoms with Crippen molar-refractivity contribution in [2.45, 2.75) is 13.3 Å². The van der Waals surface area contributed by atoms with E-state index in [1.807, 2.05) is 19.1 Å². The molecule has 0 bridgehead atoms. The highest BCUT2D eigenvalue weighted by Crippen LogP contribution is 2.26. The number of carbonyl (C=O) groups excluding carboxylic acids is 3. The van der Waals surface area contributed by atoms with Gasteiger partial charge in [0.1, 0.15) is 22.9 Å². The summed E-state index contributed by atoms with van der Waals surface area (Å²) in [5, 5.41) is 2.17. The Balaban J connectivity index is 1.66. The first-order chi connectivity index (χ1) is 14.5. The molecule has 0 unspecified atom stereocenters. The predicted molar refractivity (Wildman–Crippen MR) is 109 cm³/mol. The molecule has 6 nitrogen and oxygen atoms in total. The number of carbonyl (C=O) groups is 3. The lowest BCUT2D eigenvalue weighted by Gasteiger charge is -2.26. The maximum absolute atomic E-state index is 13.4. The van der Waals surface area contributed by atoms with Gasteiger partial charge in [-0.15, -0.1) is 0 Å². The molecule has 1 aliphatic heterocycles. The second-order valence-electron chi connectivity index (χ2n) is 6.69. The van der Waals surface area contributed by atoms with Crippen LogP contribution in [0.25, 0.3) is 17.4 Å². The van der Waals surface area contributed by atoms with Crippen molar-refractivity contribution in [1.29, 1.82) is 0 Å². The van der Waals surface area contributed by atoms with Crippen LogP contribution in [-0.4, -0.2) is 17.8 Å². The van der Waals surface area contributed by atoms with Gasteiger partial charge in [0, 0.05) is 5.56 Å². The van der Waals surface area contributed by atoms with Gasteiger partial charge in [-0.2, -0.15) is 0 Å². The normalized spacial score (nSPS) is 15.6. The predicted octanol–water partition coefficient (Wildman–Crippen LogP) is 4.31. The molecule has 1 saturated heterocycles. The largest absolute Gasteiger partial charge is 0.457 e. The number of urea groups is 1. The van der Waals surface area contributed by atoms with Gasteiger partial charge in [0.05, 0.1) is 5.69 Å². The summed E-state index contributed by atoms with van der Waals surface area (Å²) in [6, 6.07) is 15.1. The maximum Gasteiger partial charge on any atom is 0.335 e. The van der Waals surface area contributed by atoms with Crippen molar-refractivity contribution in [3.63, 3.8) is 0 Å². The molecular formula is C23H17FN2O4. The zero-order chi connectivity index (χ0) is 21.3. The molecule has 4 rings (SSSR count). The third-order valence-electron chi connectivity index (χ3n) is 4.73. The van der Waals surface area contributed by atoms with Gasteiger partial charge in [0.15, 0.2) is 0 Å². The summed E-state index contributed by atoms with van der Waals surface area (Å²) < 4.78 is 19.1. The van der Waals surface area contributed by atoms with Gasteiger partial charge >= 0.3 is 6.03 Å². The molecule has 0 spiro atoms. The Morgan fingerprint density at radius 3 is 2.50 bits per heavy atom. The Morgan fingerprint density at radius 2 is 1.80 bits per heavy atom. The molecular weight excluding hydrogens is 387 g/mol. The SMILES string of the molecule is CCc1ccc(N2C(=O)NC(=O)/C(=C\c3ccc(-c4cccc(F)c4)o3)C2=O)cc1. The number of nitrogens with zero attached hydrogens (tertiary/aromatic N) is 1. The molecule has 30 heavy (non-hydrogen) atoms. The third-order valence-corrected chi connectivity index (χ3v) is 4.73. The second kappa shape index (κ2) is 7.79. The van der Waals surface area contributed by atoms with E-state index in [0.717, 1.165) is 16.9 Å². The van der Waals surface area contributed by atoms with E-state index in [9.17, 15) is 18.8 Å². The first-order valence-corrected chi connectivity index (χ1v) is 9.32. The number of nitrogens with one attached hydrogen (secondary N) is 1. The van der Waals surface area contributed by atoms with Gasteiger partial charge in [-0.25, -0.2) is 14.1 Å². The standard InChI is InChI=1S/C23H17FN2O4/c1-2-14-6-8-17(9-7-14)26-22(28)19(21(27)25-23(26)29)13-18-10-11-20(30-18)15-4-3-5-16(24)12-15/h3-13H,2H2,1H3,(H,25,27,29)/b19-13+. The van der Waals surface area contributed by atoms with Crippen LogP contribution < -0.4 is 10.2 Å². The first-order valence-electron chi connectivity index (χ1n) is 9.32. The lowest BCUT2D eigenvalue weighted by Crippen LogP contribution is -2.54. The fourth-order valence-electron chi connectivity index (χ4n) is 3.14. The smallest absolute Gasteiger partial charge is 0.335 e. The zero-order valence-electron chi connectivity index (χ0n) is 16.0. The van der Waals surface area contributed by atoms with Crippen LogP contribution in [0.2, 0.25) is 0 Å². The molecule has 1 N–H and O–H groups in total. The highest BCUT2D eigenvalue weighted by Gasteiger charge is 2.37. The van der Waals surface area contributed by atoms with E-state index in [0.29, 0.717) is 17.0 Å².